The van der Waals surface area contributed by atoms with Gasteiger partial charge in [0.2, 0.25) is 0 Å². The van der Waals surface area contributed by atoms with E-state index in [0.717, 1.165) is 24.3 Å². The molecule has 4 atom stereocenters. The third-order valence-corrected chi connectivity index (χ3v) is 9.91. The zero-order valence-electron chi connectivity index (χ0n) is 19.9. The molecular formula is C28H44N2S. The highest BCUT2D eigenvalue weighted by atomic mass is 32.1. The lowest BCUT2D eigenvalue weighted by molar-refractivity contribution is 0.0250. The largest absolute Gasteiger partial charge is 0.376 e. The van der Waals surface area contributed by atoms with Gasteiger partial charge in [-0.3, -0.25) is 0 Å². The number of hydrogen-bond donors (Lipinski definition) is 2. The lowest BCUT2D eigenvalue weighted by Crippen LogP contribution is -2.55. The van der Waals surface area contributed by atoms with Gasteiger partial charge in [0.15, 0.2) is 0 Å². The minimum atomic E-state index is 0.158. The highest BCUT2D eigenvalue weighted by Gasteiger charge is 2.54. The molecule has 2 bridgehead atoms. The van der Waals surface area contributed by atoms with Crippen LogP contribution in [0.2, 0.25) is 0 Å². The van der Waals surface area contributed by atoms with Crippen molar-refractivity contribution < 1.29 is 0 Å². The average Bonchev–Trinajstić information content (AvgIpc) is 2.82. The molecule has 0 aromatic heterocycles. The van der Waals surface area contributed by atoms with Crippen LogP contribution in [0.15, 0.2) is 30.3 Å². The Hall–Kier alpha value is -0.930. The van der Waals surface area contributed by atoms with Gasteiger partial charge in [-0.25, -0.2) is 0 Å². The van der Waals surface area contributed by atoms with Crippen molar-refractivity contribution in [3.8, 4) is 0 Å². The predicted molar refractivity (Wildman–Crippen MR) is 136 cm³/mol. The van der Waals surface area contributed by atoms with E-state index in [4.69, 9.17) is 18.0 Å². The number of nitrogens with two attached hydrogens (primary N) is 1. The summed E-state index contributed by atoms with van der Waals surface area (Å²) in [4.78, 5) is 1.19. The summed E-state index contributed by atoms with van der Waals surface area (Å²) in [5.41, 5.74) is 7.96. The van der Waals surface area contributed by atoms with Crippen LogP contribution in [0.1, 0.15) is 96.5 Å². The van der Waals surface area contributed by atoms with E-state index in [2.05, 4.69) is 49.5 Å². The molecule has 3 aliphatic carbocycles. The van der Waals surface area contributed by atoms with Gasteiger partial charge in [-0.05, 0) is 99.5 Å². The van der Waals surface area contributed by atoms with Crippen LogP contribution < -0.4 is 11.1 Å². The fourth-order valence-corrected chi connectivity index (χ4v) is 7.95. The number of nitrogens with one attached hydrogen (secondary N) is 1. The van der Waals surface area contributed by atoms with E-state index in [1.807, 2.05) is 0 Å². The van der Waals surface area contributed by atoms with Gasteiger partial charge in [-0.1, -0.05) is 69.2 Å². The molecule has 4 rings (SSSR count). The molecule has 0 aliphatic heterocycles. The van der Waals surface area contributed by atoms with Crippen molar-refractivity contribution in [1.82, 2.24) is 5.32 Å². The molecule has 3 fully saturated rings. The van der Waals surface area contributed by atoms with Gasteiger partial charge in [0.25, 0.3) is 0 Å². The van der Waals surface area contributed by atoms with Crippen LogP contribution in [-0.2, 0) is 5.41 Å². The summed E-state index contributed by atoms with van der Waals surface area (Å²) in [6, 6.07) is 12.0. The maximum absolute atomic E-state index is 6.27. The highest BCUT2D eigenvalue weighted by molar-refractivity contribution is 7.80. The second-order valence-corrected chi connectivity index (χ2v) is 11.5. The number of hydrogen-bond acceptors (Lipinski definition) is 2. The van der Waals surface area contributed by atoms with Gasteiger partial charge in [-0.15, -0.1) is 0 Å². The predicted octanol–water partition coefficient (Wildman–Crippen LogP) is 6.77. The van der Waals surface area contributed by atoms with E-state index < -0.39 is 0 Å². The highest BCUT2D eigenvalue weighted by Crippen LogP contribution is 2.60. The first-order valence-corrected chi connectivity index (χ1v) is 13.5. The standard InChI is InChI=1S/C28H44N2S/c1-3-8-22-15-16-28(24-9-6-5-7-10-24)18-23(22)17-27(4-2,20-28)26(31)30-25-13-11-21(19-29)12-14-25/h5-7,9-10,21-23,25H,3-4,8,11-20,29H2,1-2H3,(H,30,31)/t21-,22?,23?,25-,27?,28?. The molecule has 31 heavy (non-hydrogen) atoms. The molecule has 0 spiro atoms. The van der Waals surface area contributed by atoms with Crippen LogP contribution in [0, 0.1) is 23.2 Å². The fourth-order valence-electron chi connectivity index (χ4n) is 7.48. The molecule has 172 valence electrons. The number of fused-ring (bicyclic) bond motifs is 2. The van der Waals surface area contributed by atoms with Crippen LogP contribution in [0.5, 0.6) is 0 Å². The molecule has 2 nitrogen and oxygen atoms in total. The van der Waals surface area contributed by atoms with E-state index in [1.54, 1.807) is 5.56 Å². The van der Waals surface area contributed by atoms with Crippen LogP contribution in [0.4, 0.5) is 0 Å². The maximum atomic E-state index is 6.27. The Kier molecular flexibility index (Phi) is 7.43. The maximum Gasteiger partial charge on any atom is 0.0818 e. The minimum Gasteiger partial charge on any atom is -0.376 e. The Morgan fingerprint density at radius 3 is 2.45 bits per heavy atom. The first-order chi connectivity index (χ1) is 15.0. The third-order valence-electron chi connectivity index (χ3n) is 9.36. The second kappa shape index (κ2) is 9.91. The summed E-state index contributed by atoms with van der Waals surface area (Å²) < 4.78 is 0. The Labute approximate surface area is 196 Å². The average molecular weight is 441 g/mol. The third kappa shape index (κ3) is 4.74. The van der Waals surface area contributed by atoms with Crippen LogP contribution in [0.25, 0.3) is 0 Å². The van der Waals surface area contributed by atoms with Crippen molar-refractivity contribution in [1.29, 1.82) is 0 Å². The number of benzene rings is 1. The van der Waals surface area contributed by atoms with Gasteiger partial charge in [-0.2, -0.15) is 0 Å². The molecule has 3 saturated carbocycles. The summed E-state index contributed by atoms with van der Waals surface area (Å²) in [5, 5.41) is 3.92. The molecule has 3 aliphatic rings. The molecule has 3 heteroatoms. The normalized spacial score (nSPS) is 37.9. The van der Waals surface area contributed by atoms with Crippen molar-refractivity contribution >= 4 is 17.2 Å². The first kappa shape index (κ1) is 23.2. The van der Waals surface area contributed by atoms with E-state index >= 15 is 0 Å². The lowest BCUT2D eigenvalue weighted by atomic mass is 9.48. The van der Waals surface area contributed by atoms with Crippen LogP contribution in [-0.4, -0.2) is 17.6 Å². The SMILES string of the molecule is CCCC1CCC2(c3ccccc3)CC1CC(CC)(C(=S)N[C@H]1CC[C@H](CN)CC1)C2. The van der Waals surface area contributed by atoms with Crippen molar-refractivity contribution in [2.45, 2.75) is 102 Å². The quantitative estimate of drug-likeness (QED) is 0.460. The molecule has 4 unspecified atom stereocenters. The van der Waals surface area contributed by atoms with Crippen molar-refractivity contribution in [2.24, 2.45) is 28.9 Å². The number of rotatable bonds is 7. The zero-order chi connectivity index (χ0) is 21.9. The lowest BCUT2D eigenvalue weighted by Gasteiger charge is -2.57. The molecule has 3 N–H and O–H groups in total. The van der Waals surface area contributed by atoms with Gasteiger partial charge < -0.3 is 11.1 Å². The molecule has 0 saturated heterocycles. The summed E-state index contributed by atoms with van der Waals surface area (Å²) in [6.45, 7) is 5.60. The fraction of sp³-hybridized carbons (Fsp3) is 0.750. The van der Waals surface area contributed by atoms with E-state index in [-0.39, 0.29) is 5.41 Å². The summed E-state index contributed by atoms with van der Waals surface area (Å²) >= 11 is 6.27. The van der Waals surface area contributed by atoms with E-state index in [1.165, 1.54) is 82.0 Å². The topological polar surface area (TPSA) is 38.0 Å². The van der Waals surface area contributed by atoms with Crippen molar-refractivity contribution in [2.75, 3.05) is 6.54 Å². The van der Waals surface area contributed by atoms with E-state index in [0.29, 0.717) is 11.5 Å². The molecule has 0 amide bonds. The van der Waals surface area contributed by atoms with Crippen LogP contribution >= 0.6 is 12.2 Å². The van der Waals surface area contributed by atoms with Gasteiger partial charge in [0.05, 0.1) is 4.99 Å². The van der Waals surface area contributed by atoms with Gasteiger partial charge in [0, 0.05) is 11.5 Å². The molecular weight excluding hydrogens is 396 g/mol. The molecule has 0 heterocycles. The monoisotopic (exact) mass is 440 g/mol. The smallest absolute Gasteiger partial charge is 0.0818 e. The second-order valence-electron chi connectivity index (χ2n) is 11.1. The Morgan fingerprint density at radius 2 is 1.81 bits per heavy atom. The van der Waals surface area contributed by atoms with E-state index in [9.17, 15) is 0 Å². The summed E-state index contributed by atoms with van der Waals surface area (Å²) in [7, 11) is 0. The van der Waals surface area contributed by atoms with Crippen molar-refractivity contribution in [3.63, 3.8) is 0 Å². The van der Waals surface area contributed by atoms with Crippen LogP contribution in [0.3, 0.4) is 0 Å². The zero-order valence-corrected chi connectivity index (χ0v) is 20.7. The number of thiocarbonyl (C=S) groups is 1. The first-order valence-electron chi connectivity index (χ1n) is 13.1. The van der Waals surface area contributed by atoms with Crippen molar-refractivity contribution in [3.05, 3.63) is 35.9 Å². The Bertz CT molecular complexity index is 726. The Balaban J connectivity index is 1.58. The minimum absolute atomic E-state index is 0.158. The molecule has 1 aromatic rings. The Morgan fingerprint density at radius 1 is 1.06 bits per heavy atom. The van der Waals surface area contributed by atoms with Gasteiger partial charge >= 0.3 is 0 Å². The summed E-state index contributed by atoms with van der Waals surface area (Å²) in [6.07, 6.45) is 15.5. The molecule has 0 radical (unpaired) electrons. The molecule has 1 aromatic carbocycles. The summed E-state index contributed by atoms with van der Waals surface area (Å²) in [5.74, 6) is 2.42. The van der Waals surface area contributed by atoms with Gasteiger partial charge in [0.1, 0.15) is 0 Å².